The zero-order valence-corrected chi connectivity index (χ0v) is 13.2. The lowest BCUT2D eigenvalue weighted by Gasteiger charge is -2.17. The number of rotatable bonds is 4. The van der Waals surface area contributed by atoms with Crippen molar-refractivity contribution in [1.82, 2.24) is 0 Å². The molecule has 0 spiro atoms. The molecule has 0 heterocycles. The van der Waals surface area contributed by atoms with Crippen molar-refractivity contribution < 1.29 is 0 Å². The molecule has 0 aromatic carbocycles. The highest BCUT2D eigenvalue weighted by atomic mass is 14.1. The van der Waals surface area contributed by atoms with Crippen LogP contribution in [0, 0.1) is 5.92 Å². The van der Waals surface area contributed by atoms with Crippen LogP contribution in [-0.4, -0.2) is 0 Å². The van der Waals surface area contributed by atoms with Gasteiger partial charge in [0.2, 0.25) is 0 Å². The Labute approximate surface area is 122 Å². The SMILES string of the molecule is C=CCCCC1CCCCCCCCCCCCC1. The van der Waals surface area contributed by atoms with Crippen LogP contribution in [0.3, 0.4) is 0 Å². The fourth-order valence-electron chi connectivity index (χ4n) is 3.44. The average molecular weight is 264 g/mol. The van der Waals surface area contributed by atoms with E-state index in [1.54, 1.807) is 0 Å². The smallest absolute Gasteiger partial charge is 0.0353 e. The first-order valence-electron chi connectivity index (χ1n) is 9.04. The summed E-state index contributed by atoms with van der Waals surface area (Å²) in [6, 6.07) is 0. The van der Waals surface area contributed by atoms with Crippen LogP contribution in [0.1, 0.15) is 103 Å². The number of hydrogen-bond acceptors (Lipinski definition) is 0. The van der Waals surface area contributed by atoms with Gasteiger partial charge in [0.1, 0.15) is 0 Å². The van der Waals surface area contributed by atoms with Crippen LogP contribution < -0.4 is 0 Å². The molecule has 19 heavy (non-hydrogen) atoms. The maximum Gasteiger partial charge on any atom is -0.0353 e. The second kappa shape index (κ2) is 12.8. The molecule has 112 valence electrons. The van der Waals surface area contributed by atoms with Gasteiger partial charge in [-0.15, -0.1) is 6.58 Å². The molecular formula is C19H36. The Morgan fingerprint density at radius 3 is 1.53 bits per heavy atom. The van der Waals surface area contributed by atoms with E-state index in [9.17, 15) is 0 Å². The van der Waals surface area contributed by atoms with Gasteiger partial charge in [-0.1, -0.05) is 96.0 Å². The summed E-state index contributed by atoms with van der Waals surface area (Å²) in [7, 11) is 0. The minimum absolute atomic E-state index is 1.02. The molecular weight excluding hydrogens is 228 g/mol. The van der Waals surface area contributed by atoms with Crippen molar-refractivity contribution >= 4 is 0 Å². The lowest BCUT2D eigenvalue weighted by atomic mass is 9.89. The van der Waals surface area contributed by atoms with Crippen molar-refractivity contribution in [2.45, 2.75) is 103 Å². The highest BCUT2D eigenvalue weighted by molar-refractivity contribution is 4.68. The molecule has 0 aromatic rings. The standard InChI is InChI=1S/C19H36/c1-2-3-13-16-19-17-14-11-9-7-5-4-6-8-10-12-15-18-19/h2,19H,1,3-18H2. The Morgan fingerprint density at radius 1 is 0.684 bits per heavy atom. The Hall–Kier alpha value is -0.260. The third kappa shape index (κ3) is 10.2. The summed E-state index contributed by atoms with van der Waals surface area (Å²) in [6.45, 7) is 3.85. The van der Waals surface area contributed by atoms with E-state index in [1.165, 1.54) is 103 Å². The third-order valence-corrected chi connectivity index (χ3v) is 4.75. The van der Waals surface area contributed by atoms with Gasteiger partial charge in [-0.3, -0.25) is 0 Å². The highest BCUT2D eigenvalue weighted by Crippen LogP contribution is 2.24. The molecule has 0 amide bonds. The van der Waals surface area contributed by atoms with E-state index in [2.05, 4.69) is 12.7 Å². The fourth-order valence-corrected chi connectivity index (χ4v) is 3.44. The summed E-state index contributed by atoms with van der Waals surface area (Å²) >= 11 is 0. The normalized spacial score (nSPS) is 21.7. The quantitative estimate of drug-likeness (QED) is 0.377. The van der Waals surface area contributed by atoms with Gasteiger partial charge in [0.25, 0.3) is 0 Å². The Bertz CT molecular complexity index is 180. The van der Waals surface area contributed by atoms with Gasteiger partial charge >= 0.3 is 0 Å². The number of hydrogen-bond donors (Lipinski definition) is 0. The molecule has 0 saturated heterocycles. The molecule has 0 unspecified atom stereocenters. The predicted octanol–water partition coefficient (Wildman–Crippen LogP) is 7.04. The number of unbranched alkanes of at least 4 members (excludes halogenated alkanes) is 1. The summed E-state index contributed by atoms with van der Waals surface area (Å²) in [5.41, 5.74) is 0. The van der Waals surface area contributed by atoms with Crippen LogP contribution in [0.2, 0.25) is 0 Å². The van der Waals surface area contributed by atoms with Gasteiger partial charge in [-0.25, -0.2) is 0 Å². The van der Waals surface area contributed by atoms with Crippen molar-refractivity contribution in [3.05, 3.63) is 12.7 Å². The monoisotopic (exact) mass is 264 g/mol. The second-order valence-corrected chi connectivity index (χ2v) is 6.55. The molecule has 0 bridgehead atoms. The van der Waals surface area contributed by atoms with Crippen molar-refractivity contribution in [2.24, 2.45) is 5.92 Å². The van der Waals surface area contributed by atoms with Gasteiger partial charge < -0.3 is 0 Å². The first-order valence-corrected chi connectivity index (χ1v) is 9.04. The van der Waals surface area contributed by atoms with Crippen LogP contribution in [0.25, 0.3) is 0 Å². The van der Waals surface area contributed by atoms with Gasteiger partial charge in [0.05, 0.1) is 0 Å². The van der Waals surface area contributed by atoms with Crippen LogP contribution >= 0.6 is 0 Å². The van der Waals surface area contributed by atoms with Crippen molar-refractivity contribution in [1.29, 1.82) is 0 Å². The summed E-state index contributed by atoms with van der Waals surface area (Å²) in [5.74, 6) is 1.02. The minimum atomic E-state index is 1.02. The van der Waals surface area contributed by atoms with Gasteiger partial charge in [0.15, 0.2) is 0 Å². The molecule has 1 saturated carbocycles. The Balaban J connectivity index is 2.21. The van der Waals surface area contributed by atoms with Crippen LogP contribution in [0.15, 0.2) is 12.7 Å². The zero-order chi connectivity index (χ0) is 13.6. The average Bonchev–Trinajstić information content (AvgIpc) is 2.43. The lowest BCUT2D eigenvalue weighted by molar-refractivity contribution is 0.370. The first-order chi connectivity index (χ1) is 9.43. The zero-order valence-electron chi connectivity index (χ0n) is 13.2. The highest BCUT2D eigenvalue weighted by Gasteiger charge is 2.08. The van der Waals surface area contributed by atoms with Crippen molar-refractivity contribution in [2.75, 3.05) is 0 Å². The van der Waals surface area contributed by atoms with E-state index in [0.717, 1.165) is 5.92 Å². The summed E-state index contributed by atoms with van der Waals surface area (Å²) in [5, 5.41) is 0. The molecule has 1 aliphatic carbocycles. The maximum atomic E-state index is 3.85. The van der Waals surface area contributed by atoms with Crippen LogP contribution in [0.5, 0.6) is 0 Å². The molecule has 0 nitrogen and oxygen atoms in total. The van der Waals surface area contributed by atoms with Crippen LogP contribution in [-0.2, 0) is 0 Å². The molecule has 0 aromatic heterocycles. The molecule has 1 aliphatic rings. The molecule has 0 radical (unpaired) electrons. The summed E-state index contributed by atoms with van der Waals surface area (Å²) in [4.78, 5) is 0. The van der Waals surface area contributed by atoms with E-state index in [4.69, 9.17) is 0 Å². The van der Waals surface area contributed by atoms with Crippen molar-refractivity contribution in [3.63, 3.8) is 0 Å². The Morgan fingerprint density at radius 2 is 1.11 bits per heavy atom. The van der Waals surface area contributed by atoms with Gasteiger partial charge in [-0.05, 0) is 18.8 Å². The van der Waals surface area contributed by atoms with Gasteiger partial charge in [-0.2, -0.15) is 0 Å². The molecule has 1 fully saturated rings. The van der Waals surface area contributed by atoms with Gasteiger partial charge in [0, 0.05) is 0 Å². The lowest BCUT2D eigenvalue weighted by Crippen LogP contribution is -2.01. The summed E-state index contributed by atoms with van der Waals surface area (Å²) in [6.07, 6.45) is 25.5. The maximum absolute atomic E-state index is 3.85. The van der Waals surface area contributed by atoms with E-state index in [0.29, 0.717) is 0 Å². The molecule has 0 aliphatic heterocycles. The molecule has 0 N–H and O–H groups in total. The molecule has 0 atom stereocenters. The van der Waals surface area contributed by atoms with E-state index in [-0.39, 0.29) is 0 Å². The van der Waals surface area contributed by atoms with Crippen LogP contribution in [0.4, 0.5) is 0 Å². The van der Waals surface area contributed by atoms with E-state index < -0.39 is 0 Å². The minimum Gasteiger partial charge on any atom is -0.103 e. The predicted molar refractivity (Wildman–Crippen MR) is 87.6 cm³/mol. The molecule has 0 heteroatoms. The topological polar surface area (TPSA) is 0 Å². The molecule has 1 rings (SSSR count). The van der Waals surface area contributed by atoms with E-state index in [1.807, 2.05) is 0 Å². The number of allylic oxidation sites excluding steroid dienone is 1. The Kier molecular flexibility index (Phi) is 11.3. The third-order valence-electron chi connectivity index (χ3n) is 4.75. The summed E-state index contributed by atoms with van der Waals surface area (Å²) < 4.78 is 0. The fraction of sp³-hybridized carbons (Fsp3) is 0.895. The second-order valence-electron chi connectivity index (χ2n) is 6.55. The van der Waals surface area contributed by atoms with E-state index >= 15 is 0 Å². The largest absolute Gasteiger partial charge is 0.103 e. The first kappa shape index (κ1) is 16.8. The van der Waals surface area contributed by atoms with Crippen molar-refractivity contribution in [3.8, 4) is 0 Å².